The van der Waals surface area contributed by atoms with E-state index >= 15 is 0 Å². The third-order valence-electron chi connectivity index (χ3n) is 4.34. The molecule has 3 amide bonds. The highest BCUT2D eigenvalue weighted by atomic mass is 35.5. The summed E-state index contributed by atoms with van der Waals surface area (Å²) in [5.74, 6) is -1.19. The molecule has 1 N–H and O–H groups in total. The van der Waals surface area contributed by atoms with Crippen LogP contribution in [0.2, 0.25) is 5.02 Å². The Hall–Kier alpha value is -3.59. The first-order valence-corrected chi connectivity index (χ1v) is 9.36. The molecule has 1 saturated heterocycles. The highest BCUT2D eigenvalue weighted by Crippen LogP contribution is 2.37. The number of esters is 1. The van der Waals surface area contributed by atoms with E-state index < -0.39 is 23.7 Å². The Morgan fingerprint density at radius 2 is 1.90 bits per heavy atom. The molecule has 162 valence electrons. The van der Waals surface area contributed by atoms with Crippen molar-refractivity contribution in [2.75, 3.05) is 20.8 Å². The quantitative estimate of drug-likeness (QED) is 0.397. The molecule has 3 rings (SSSR count). The van der Waals surface area contributed by atoms with E-state index in [4.69, 9.17) is 21.1 Å². The van der Waals surface area contributed by atoms with E-state index in [0.29, 0.717) is 11.1 Å². The predicted octanol–water partition coefficient (Wildman–Crippen LogP) is 3.13. The Labute approximate surface area is 182 Å². The average Bonchev–Trinajstić information content (AvgIpc) is 3.01. The third-order valence-corrected chi connectivity index (χ3v) is 4.62. The number of hydrogen-bond donors (Lipinski definition) is 1. The topological polar surface area (TPSA) is 94.2 Å². The van der Waals surface area contributed by atoms with E-state index in [1.54, 1.807) is 0 Å². The van der Waals surface area contributed by atoms with E-state index in [1.807, 2.05) is 0 Å². The summed E-state index contributed by atoms with van der Waals surface area (Å²) >= 11 is 6.24. The molecule has 0 unspecified atom stereocenters. The van der Waals surface area contributed by atoms with Gasteiger partial charge in [0.05, 0.1) is 25.8 Å². The number of halogens is 2. The fraction of sp³-hybridized carbons (Fsp3) is 0.190. The molecular weight excluding hydrogens is 431 g/mol. The number of benzene rings is 2. The smallest absolute Gasteiger partial charge is 0.343 e. The SMILES string of the molecule is COC(=O)COc1c(Cl)cc(/C=C2/NC(=O)N(Cc3ccc(F)cc3)C2=O)cc1OC. The van der Waals surface area contributed by atoms with Gasteiger partial charge in [0.1, 0.15) is 11.5 Å². The van der Waals surface area contributed by atoms with Crippen LogP contribution in [0.25, 0.3) is 6.08 Å². The van der Waals surface area contributed by atoms with Crippen molar-refractivity contribution in [3.05, 3.63) is 64.1 Å². The van der Waals surface area contributed by atoms with Crippen LogP contribution in [0.4, 0.5) is 9.18 Å². The molecule has 0 radical (unpaired) electrons. The van der Waals surface area contributed by atoms with Crippen molar-refractivity contribution in [2.24, 2.45) is 0 Å². The minimum absolute atomic E-state index is 0.00727. The lowest BCUT2D eigenvalue weighted by atomic mass is 10.1. The van der Waals surface area contributed by atoms with Crippen LogP contribution in [-0.2, 0) is 20.9 Å². The minimum atomic E-state index is -0.600. The second-order valence-electron chi connectivity index (χ2n) is 6.40. The van der Waals surface area contributed by atoms with Crippen LogP contribution >= 0.6 is 11.6 Å². The molecule has 0 spiro atoms. The fourth-order valence-electron chi connectivity index (χ4n) is 2.81. The lowest BCUT2D eigenvalue weighted by Gasteiger charge is -2.13. The lowest BCUT2D eigenvalue weighted by molar-refractivity contribution is -0.142. The fourth-order valence-corrected chi connectivity index (χ4v) is 3.08. The summed E-state index contributed by atoms with van der Waals surface area (Å²) in [5.41, 5.74) is 1.09. The molecule has 0 atom stereocenters. The Morgan fingerprint density at radius 1 is 1.19 bits per heavy atom. The maximum Gasteiger partial charge on any atom is 0.343 e. The number of urea groups is 1. The summed E-state index contributed by atoms with van der Waals surface area (Å²) < 4.78 is 28.2. The van der Waals surface area contributed by atoms with Gasteiger partial charge >= 0.3 is 12.0 Å². The van der Waals surface area contributed by atoms with Crippen molar-refractivity contribution >= 4 is 35.6 Å². The summed E-state index contributed by atoms with van der Waals surface area (Å²) in [4.78, 5) is 37.2. The molecule has 0 aromatic heterocycles. The Kier molecular flexibility index (Phi) is 6.76. The molecule has 1 fully saturated rings. The van der Waals surface area contributed by atoms with Crippen LogP contribution in [0, 0.1) is 5.82 Å². The van der Waals surface area contributed by atoms with Crippen molar-refractivity contribution in [1.82, 2.24) is 10.2 Å². The number of nitrogens with zero attached hydrogens (tertiary/aromatic N) is 1. The van der Waals surface area contributed by atoms with Crippen molar-refractivity contribution in [1.29, 1.82) is 0 Å². The van der Waals surface area contributed by atoms with Gasteiger partial charge in [0.25, 0.3) is 5.91 Å². The molecule has 1 aliphatic heterocycles. The van der Waals surface area contributed by atoms with E-state index in [1.165, 1.54) is 56.7 Å². The zero-order chi connectivity index (χ0) is 22.5. The second kappa shape index (κ2) is 9.48. The minimum Gasteiger partial charge on any atom is -0.493 e. The average molecular weight is 449 g/mol. The van der Waals surface area contributed by atoms with Gasteiger partial charge in [-0.15, -0.1) is 0 Å². The van der Waals surface area contributed by atoms with Gasteiger partial charge in [-0.3, -0.25) is 9.69 Å². The number of rotatable bonds is 7. The molecule has 1 heterocycles. The van der Waals surface area contributed by atoms with Crippen LogP contribution in [0.1, 0.15) is 11.1 Å². The Morgan fingerprint density at radius 3 is 2.55 bits per heavy atom. The molecule has 10 heteroatoms. The number of hydrogen-bond acceptors (Lipinski definition) is 6. The molecule has 0 saturated carbocycles. The van der Waals surface area contributed by atoms with Crippen molar-refractivity contribution in [3.63, 3.8) is 0 Å². The molecular formula is C21H18ClFN2O6. The summed E-state index contributed by atoms with van der Waals surface area (Å²) in [6.45, 7) is -0.368. The van der Waals surface area contributed by atoms with Crippen molar-refractivity contribution in [3.8, 4) is 11.5 Å². The van der Waals surface area contributed by atoms with Gasteiger partial charge in [0.15, 0.2) is 18.1 Å². The summed E-state index contributed by atoms with van der Waals surface area (Å²) in [6.07, 6.45) is 1.43. The molecule has 8 nitrogen and oxygen atoms in total. The van der Waals surface area contributed by atoms with Gasteiger partial charge in [0, 0.05) is 0 Å². The van der Waals surface area contributed by atoms with E-state index in [-0.39, 0.29) is 35.4 Å². The van der Waals surface area contributed by atoms with Gasteiger partial charge in [-0.05, 0) is 41.5 Å². The highest BCUT2D eigenvalue weighted by molar-refractivity contribution is 6.32. The number of nitrogens with one attached hydrogen (secondary N) is 1. The molecule has 2 aromatic rings. The van der Waals surface area contributed by atoms with Crippen LogP contribution in [0.3, 0.4) is 0 Å². The largest absolute Gasteiger partial charge is 0.493 e. The first-order chi connectivity index (χ1) is 14.8. The zero-order valence-electron chi connectivity index (χ0n) is 16.6. The van der Waals surface area contributed by atoms with Crippen LogP contribution in [0.15, 0.2) is 42.1 Å². The summed E-state index contributed by atoms with van der Waals surface area (Å²) in [5, 5.41) is 2.64. The summed E-state index contributed by atoms with van der Waals surface area (Å²) in [6, 6.07) is 7.92. The van der Waals surface area contributed by atoms with Crippen LogP contribution in [-0.4, -0.2) is 43.6 Å². The third kappa shape index (κ3) is 5.13. The highest BCUT2D eigenvalue weighted by Gasteiger charge is 2.33. The number of carbonyl (C=O) groups excluding carboxylic acids is 3. The van der Waals surface area contributed by atoms with Crippen molar-refractivity contribution in [2.45, 2.75) is 6.54 Å². The first-order valence-electron chi connectivity index (χ1n) is 8.98. The first kappa shape index (κ1) is 22.1. The standard InChI is InChI=1S/C21H18ClFN2O6/c1-29-17-9-13(7-15(22)19(17)31-11-18(26)30-2)8-16-20(27)25(21(28)24-16)10-12-3-5-14(23)6-4-12/h3-9H,10-11H2,1-2H3,(H,24,28)/b16-8+. The van der Waals surface area contributed by atoms with Gasteiger partial charge < -0.3 is 19.5 Å². The summed E-state index contributed by atoms with van der Waals surface area (Å²) in [7, 11) is 2.62. The maximum absolute atomic E-state index is 13.1. The van der Waals surface area contributed by atoms with Gasteiger partial charge in [0.2, 0.25) is 0 Å². The zero-order valence-corrected chi connectivity index (χ0v) is 17.4. The monoisotopic (exact) mass is 448 g/mol. The van der Waals surface area contributed by atoms with E-state index in [0.717, 1.165) is 4.90 Å². The Balaban J connectivity index is 1.81. The second-order valence-corrected chi connectivity index (χ2v) is 6.81. The van der Waals surface area contributed by atoms with E-state index in [2.05, 4.69) is 10.1 Å². The van der Waals surface area contributed by atoms with Crippen LogP contribution in [0.5, 0.6) is 11.5 Å². The van der Waals surface area contributed by atoms with Gasteiger partial charge in [-0.25, -0.2) is 14.0 Å². The predicted molar refractivity (Wildman–Crippen MR) is 109 cm³/mol. The molecule has 2 aromatic carbocycles. The molecule has 1 aliphatic rings. The number of imide groups is 1. The number of methoxy groups -OCH3 is 2. The molecule has 0 aliphatic carbocycles. The van der Waals surface area contributed by atoms with Crippen molar-refractivity contribution < 1.29 is 33.0 Å². The number of ether oxygens (including phenoxy) is 3. The number of carbonyl (C=O) groups is 3. The van der Waals surface area contributed by atoms with Gasteiger partial charge in [-0.2, -0.15) is 0 Å². The van der Waals surface area contributed by atoms with Gasteiger partial charge in [-0.1, -0.05) is 23.7 Å². The molecule has 0 bridgehead atoms. The van der Waals surface area contributed by atoms with E-state index in [9.17, 15) is 18.8 Å². The molecule has 31 heavy (non-hydrogen) atoms. The number of amides is 3. The maximum atomic E-state index is 13.1. The normalized spacial score (nSPS) is 14.6. The Bertz CT molecular complexity index is 1050. The lowest BCUT2D eigenvalue weighted by Crippen LogP contribution is -2.30. The van der Waals surface area contributed by atoms with Crippen LogP contribution < -0.4 is 14.8 Å².